The molecule has 0 aliphatic rings. The van der Waals surface area contributed by atoms with Crippen LogP contribution in [0.5, 0.6) is 0 Å². The molecule has 2 rings (SSSR count). The highest BCUT2D eigenvalue weighted by atomic mass is 16.1. The number of benzene rings is 2. The van der Waals surface area contributed by atoms with Crippen LogP contribution in [-0.4, -0.2) is 5.91 Å². The van der Waals surface area contributed by atoms with Crippen LogP contribution in [0, 0.1) is 5.92 Å². The van der Waals surface area contributed by atoms with Gasteiger partial charge in [-0.2, -0.15) is 0 Å². The average Bonchev–Trinajstić information content (AvgIpc) is 2.59. The Morgan fingerprint density at radius 1 is 0.958 bits per heavy atom. The van der Waals surface area contributed by atoms with Crippen LogP contribution < -0.4 is 5.32 Å². The molecular formula is C22H29NO. The number of hydrogen-bond acceptors (Lipinski definition) is 1. The summed E-state index contributed by atoms with van der Waals surface area (Å²) in [6.45, 7) is 7.20. The molecule has 0 heterocycles. The van der Waals surface area contributed by atoms with Crippen LogP contribution in [0.4, 0.5) is 0 Å². The third-order valence-electron chi connectivity index (χ3n) is 4.40. The maximum absolute atomic E-state index is 12.1. The van der Waals surface area contributed by atoms with Crippen LogP contribution in [0.3, 0.4) is 0 Å². The van der Waals surface area contributed by atoms with Crippen molar-refractivity contribution in [2.75, 3.05) is 0 Å². The second-order valence-electron chi connectivity index (χ2n) is 7.01. The number of carbonyl (C=O) groups is 1. The van der Waals surface area contributed by atoms with Crippen molar-refractivity contribution in [3.05, 3.63) is 71.3 Å². The van der Waals surface area contributed by atoms with Crippen molar-refractivity contribution in [3.63, 3.8) is 0 Å². The van der Waals surface area contributed by atoms with Crippen LogP contribution in [0.2, 0.25) is 0 Å². The lowest BCUT2D eigenvalue weighted by atomic mass is 9.96. The molecular weight excluding hydrogens is 294 g/mol. The minimum Gasteiger partial charge on any atom is -0.352 e. The Bertz CT molecular complexity index is 633. The van der Waals surface area contributed by atoms with E-state index in [1.54, 1.807) is 0 Å². The standard InChI is InChI=1S/C22H29NO/c1-17(2)21-11-7-10-20(15-21)16-23-22(24)13-12-18(3)14-19-8-5-4-6-9-19/h4-11,15,17-18H,12-14,16H2,1-3H3,(H,23,24). The van der Waals surface area contributed by atoms with Crippen LogP contribution in [0.15, 0.2) is 54.6 Å². The summed E-state index contributed by atoms with van der Waals surface area (Å²) in [7, 11) is 0. The van der Waals surface area contributed by atoms with Crippen LogP contribution >= 0.6 is 0 Å². The summed E-state index contributed by atoms with van der Waals surface area (Å²) in [5.74, 6) is 1.17. The molecule has 0 aliphatic heterocycles. The normalized spacial score (nSPS) is 12.2. The van der Waals surface area contributed by atoms with Gasteiger partial charge in [0.1, 0.15) is 0 Å². The van der Waals surface area contributed by atoms with E-state index in [0.717, 1.165) is 12.8 Å². The highest BCUT2D eigenvalue weighted by Gasteiger charge is 2.08. The molecule has 0 aromatic heterocycles. The van der Waals surface area contributed by atoms with Gasteiger partial charge in [0, 0.05) is 13.0 Å². The van der Waals surface area contributed by atoms with Crippen LogP contribution in [-0.2, 0) is 17.8 Å². The molecule has 0 saturated heterocycles. The van der Waals surface area contributed by atoms with Crippen LogP contribution in [0.25, 0.3) is 0 Å². The van der Waals surface area contributed by atoms with E-state index < -0.39 is 0 Å². The van der Waals surface area contributed by atoms with Gasteiger partial charge in [-0.1, -0.05) is 75.4 Å². The molecule has 24 heavy (non-hydrogen) atoms. The van der Waals surface area contributed by atoms with Gasteiger partial charge in [-0.3, -0.25) is 4.79 Å². The first-order valence-corrected chi connectivity index (χ1v) is 8.94. The lowest BCUT2D eigenvalue weighted by Crippen LogP contribution is -2.23. The number of carbonyl (C=O) groups excluding carboxylic acids is 1. The van der Waals surface area contributed by atoms with Crippen molar-refractivity contribution in [2.45, 2.75) is 52.5 Å². The fourth-order valence-corrected chi connectivity index (χ4v) is 2.85. The molecule has 0 fully saturated rings. The Hall–Kier alpha value is -2.09. The lowest BCUT2D eigenvalue weighted by Gasteiger charge is -2.12. The Balaban J connectivity index is 1.72. The van der Waals surface area contributed by atoms with Crippen molar-refractivity contribution >= 4 is 5.91 Å². The van der Waals surface area contributed by atoms with Gasteiger partial charge in [-0.05, 0) is 41.4 Å². The molecule has 2 heteroatoms. The highest BCUT2D eigenvalue weighted by Crippen LogP contribution is 2.16. The van der Waals surface area contributed by atoms with Gasteiger partial charge in [-0.25, -0.2) is 0 Å². The van der Waals surface area contributed by atoms with Crippen molar-refractivity contribution in [1.82, 2.24) is 5.32 Å². The molecule has 1 unspecified atom stereocenters. The molecule has 2 nitrogen and oxygen atoms in total. The minimum absolute atomic E-state index is 0.143. The van der Waals surface area contributed by atoms with E-state index >= 15 is 0 Å². The SMILES string of the molecule is CC(CCC(=O)NCc1cccc(C(C)C)c1)Cc1ccccc1. The molecule has 0 spiro atoms. The molecule has 0 bridgehead atoms. The summed E-state index contributed by atoms with van der Waals surface area (Å²) in [6.07, 6.45) is 2.55. The van der Waals surface area contributed by atoms with Crippen LogP contribution in [0.1, 0.15) is 56.2 Å². The van der Waals surface area contributed by atoms with E-state index in [0.29, 0.717) is 24.8 Å². The molecule has 0 saturated carbocycles. The van der Waals surface area contributed by atoms with E-state index in [-0.39, 0.29) is 5.91 Å². The Morgan fingerprint density at radius 2 is 1.67 bits per heavy atom. The van der Waals surface area contributed by atoms with E-state index in [4.69, 9.17) is 0 Å². The van der Waals surface area contributed by atoms with Gasteiger partial charge < -0.3 is 5.32 Å². The topological polar surface area (TPSA) is 29.1 Å². The maximum atomic E-state index is 12.1. The second-order valence-corrected chi connectivity index (χ2v) is 7.01. The van der Waals surface area contributed by atoms with E-state index in [9.17, 15) is 4.79 Å². The lowest BCUT2D eigenvalue weighted by molar-refractivity contribution is -0.121. The monoisotopic (exact) mass is 323 g/mol. The van der Waals surface area contributed by atoms with E-state index in [1.807, 2.05) is 6.07 Å². The average molecular weight is 323 g/mol. The molecule has 1 N–H and O–H groups in total. The first kappa shape index (κ1) is 18.3. The minimum atomic E-state index is 0.143. The van der Waals surface area contributed by atoms with E-state index in [2.05, 4.69) is 74.6 Å². The first-order chi connectivity index (χ1) is 11.5. The summed E-state index contributed by atoms with van der Waals surface area (Å²) in [4.78, 5) is 12.1. The Morgan fingerprint density at radius 3 is 2.38 bits per heavy atom. The number of nitrogens with one attached hydrogen (secondary N) is 1. The number of rotatable bonds is 8. The van der Waals surface area contributed by atoms with Crippen molar-refractivity contribution in [2.24, 2.45) is 5.92 Å². The van der Waals surface area contributed by atoms with Crippen molar-refractivity contribution < 1.29 is 4.79 Å². The fraction of sp³-hybridized carbons (Fsp3) is 0.409. The molecule has 128 valence electrons. The molecule has 2 aromatic rings. The highest BCUT2D eigenvalue weighted by molar-refractivity contribution is 5.75. The number of hydrogen-bond donors (Lipinski definition) is 1. The second kappa shape index (κ2) is 9.27. The fourth-order valence-electron chi connectivity index (χ4n) is 2.85. The third kappa shape index (κ3) is 6.19. The quantitative estimate of drug-likeness (QED) is 0.720. The van der Waals surface area contributed by atoms with Crippen molar-refractivity contribution in [3.8, 4) is 0 Å². The molecule has 1 atom stereocenters. The maximum Gasteiger partial charge on any atom is 0.220 e. The Kier molecular flexibility index (Phi) is 7.05. The predicted molar refractivity (Wildman–Crippen MR) is 101 cm³/mol. The van der Waals surface area contributed by atoms with Gasteiger partial charge in [0.05, 0.1) is 0 Å². The third-order valence-corrected chi connectivity index (χ3v) is 4.40. The number of amides is 1. The van der Waals surface area contributed by atoms with Gasteiger partial charge in [0.2, 0.25) is 5.91 Å². The Labute approximate surface area is 146 Å². The van der Waals surface area contributed by atoms with Gasteiger partial charge in [0.15, 0.2) is 0 Å². The van der Waals surface area contributed by atoms with Gasteiger partial charge in [-0.15, -0.1) is 0 Å². The largest absolute Gasteiger partial charge is 0.352 e. The first-order valence-electron chi connectivity index (χ1n) is 8.94. The zero-order chi connectivity index (χ0) is 17.4. The smallest absolute Gasteiger partial charge is 0.220 e. The van der Waals surface area contributed by atoms with Gasteiger partial charge >= 0.3 is 0 Å². The van der Waals surface area contributed by atoms with Gasteiger partial charge in [0.25, 0.3) is 0 Å². The summed E-state index contributed by atoms with van der Waals surface area (Å²) < 4.78 is 0. The molecule has 1 amide bonds. The zero-order valence-corrected chi connectivity index (χ0v) is 15.1. The zero-order valence-electron chi connectivity index (χ0n) is 15.1. The summed E-state index contributed by atoms with van der Waals surface area (Å²) in [6, 6.07) is 18.9. The molecule has 0 radical (unpaired) electrons. The summed E-state index contributed by atoms with van der Waals surface area (Å²) in [5, 5.41) is 3.05. The van der Waals surface area contributed by atoms with Crippen molar-refractivity contribution in [1.29, 1.82) is 0 Å². The summed E-state index contributed by atoms with van der Waals surface area (Å²) in [5.41, 5.74) is 3.83. The predicted octanol–water partition coefficient (Wildman–Crippen LogP) is 5.09. The summed E-state index contributed by atoms with van der Waals surface area (Å²) >= 11 is 0. The van der Waals surface area contributed by atoms with E-state index in [1.165, 1.54) is 16.7 Å². The molecule has 2 aromatic carbocycles. The molecule has 0 aliphatic carbocycles.